The van der Waals surface area contributed by atoms with Crippen molar-refractivity contribution in [2.24, 2.45) is 5.73 Å². The van der Waals surface area contributed by atoms with Crippen LogP contribution in [0.3, 0.4) is 0 Å². The van der Waals surface area contributed by atoms with Gasteiger partial charge in [0.25, 0.3) is 0 Å². The van der Waals surface area contributed by atoms with Gasteiger partial charge in [0.1, 0.15) is 12.4 Å². The summed E-state index contributed by atoms with van der Waals surface area (Å²) >= 11 is 3.32. The van der Waals surface area contributed by atoms with Crippen molar-refractivity contribution in [1.82, 2.24) is 0 Å². The number of carbonyl (C=O) groups excluding carboxylic acids is 1. The molecule has 0 atom stereocenters. The van der Waals surface area contributed by atoms with Crippen LogP contribution in [0.15, 0.2) is 40.9 Å². The molecule has 0 saturated carbocycles. The molecule has 2 rings (SSSR count). The smallest absolute Gasteiger partial charge is 0.248 e. The van der Waals surface area contributed by atoms with Gasteiger partial charge in [0.05, 0.1) is 11.1 Å². The monoisotopic (exact) mass is 367 g/mol. The number of rotatable bonds is 6. The van der Waals surface area contributed by atoms with E-state index in [9.17, 15) is 9.18 Å². The highest BCUT2D eigenvalue weighted by Gasteiger charge is 2.15. The molecule has 0 bridgehead atoms. The summed E-state index contributed by atoms with van der Waals surface area (Å²) in [7, 11) is 0. The number of hydrogen-bond acceptors (Lipinski definition) is 3. The molecule has 0 spiro atoms. The van der Waals surface area contributed by atoms with Crippen molar-refractivity contribution in [3.8, 4) is 11.5 Å². The summed E-state index contributed by atoms with van der Waals surface area (Å²) in [5, 5.41) is 0. The highest BCUT2D eigenvalue weighted by Crippen LogP contribution is 2.37. The van der Waals surface area contributed by atoms with Gasteiger partial charge in [-0.25, -0.2) is 4.39 Å². The van der Waals surface area contributed by atoms with Crippen LogP contribution in [0.25, 0.3) is 0 Å². The minimum absolute atomic E-state index is 0.0429. The molecule has 0 aliphatic heterocycles. The van der Waals surface area contributed by atoms with Gasteiger partial charge in [-0.2, -0.15) is 0 Å². The molecule has 4 nitrogen and oxygen atoms in total. The van der Waals surface area contributed by atoms with Gasteiger partial charge in [-0.05, 0) is 41.1 Å². The van der Waals surface area contributed by atoms with Crippen LogP contribution >= 0.6 is 15.9 Å². The third-order valence-electron chi connectivity index (χ3n) is 2.92. The number of carbonyl (C=O) groups is 1. The van der Waals surface area contributed by atoms with Crippen molar-refractivity contribution >= 4 is 21.8 Å². The van der Waals surface area contributed by atoms with Crippen molar-refractivity contribution in [1.29, 1.82) is 0 Å². The van der Waals surface area contributed by atoms with Crippen LogP contribution in [0, 0.1) is 5.82 Å². The second-order valence-corrected chi connectivity index (χ2v) is 5.32. The molecule has 2 aromatic rings. The summed E-state index contributed by atoms with van der Waals surface area (Å²) in [6.45, 7) is 2.25. The first-order valence-corrected chi connectivity index (χ1v) is 7.44. The standard InChI is InChI=1S/C16H15BrFNO3/c1-2-21-14-8-11(16(19)20)7-12(17)15(14)22-9-10-5-3-4-6-13(10)18/h3-8H,2,9H2,1H3,(H2,19,20). The van der Waals surface area contributed by atoms with Crippen LogP contribution in [-0.4, -0.2) is 12.5 Å². The fraction of sp³-hybridized carbons (Fsp3) is 0.188. The fourth-order valence-electron chi connectivity index (χ4n) is 1.88. The predicted octanol–water partition coefficient (Wildman–Crippen LogP) is 3.66. The van der Waals surface area contributed by atoms with E-state index in [-0.39, 0.29) is 12.4 Å². The van der Waals surface area contributed by atoms with Crippen molar-refractivity contribution in [3.63, 3.8) is 0 Å². The van der Waals surface area contributed by atoms with Crippen LogP contribution in [0.2, 0.25) is 0 Å². The second kappa shape index (κ2) is 7.26. The van der Waals surface area contributed by atoms with Gasteiger partial charge >= 0.3 is 0 Å². The molecule has 0 unspecified atom stereocenters. The molecular formula is C16H15BrFNO3. The molecule has 2 aromatic carbocycles. The quantitative estimate of drug-likeness (QED) is 0.847. The summed E-state index contributed by atoms with van der Waals surface area (Å²) in [5.74, 6) is -0.134. The number of nitrogens with two attached hydrogens (primary N) is 1. The molecule has 1 amide bonds. The summed E-state index contributed by atoms with van der Waals surface area (Å²) in [6, 6.07) is 9.40. The maximum atomic E-state index is 13.6. The lowest BCUT2D eigenvalue weighted by Crippen LogP contribution is -2.12. The molecule has 0 radical (unpaired) electrons. The van der Waals surface area contributed by atoms with E-state index >= 15 is 0 Å². The zero-order chi connectivity index (χ0) is 16.1. The van der Waals surface area contributed by atoms with Crippen molar-refractivity contribution < 1.29 is 18.7 Å². The molecule has 0 heterocycles. The second-order valence-electron chi connectivity index (χ2n) is 4.46. The lowest BCUT2D eigenvalue weighted by Gasteiger charge is -2.15. The average Bonchev–Trinajstić information content (AvgIpc) is 2.48. The summed E-state index contributed by atoms with van der Waals surface area (Å²) < 4.78 is 25.3. The summed E-state index contributed by atoms with van der Waals surface area (Å²) in [6.07, 6.45) is 0. The molecule has 22 heavy (non-hydrogen) atoms. The number of halogens is 2. The topological polar surface area (TPSA) is 61.5 Å². The average molecular weight is 368 g/mol. The van der Waals surface area contributed by atoms with Gasteiger partial charge in [-0.15, -0.1) is 0 Å². The van der Waals surface area contributed by atoms with E-state index in [0.717, 1.165) is 0 Å². The maximum absolute atomic E-state index is 13.6. The Labute approximate surface area is 136 Å². The Balaban J connectivity index is 2.29. The van der Waals surface area contributed by atoms with Gasteiger partial charge in [-0.3, -0.25) is 4.79 Å². The van der Waals surface area contributed by atoms with Crippen molar-refractivity contribution in [3.05, 3.63) is 57.8 Å². The maximum Gasteiger partial charge on any atom is 0.248 e. The largest absolute Gasteiger partial charge is 0.490 e. The van der Waals surface area contributed by atoms with Gasteiger partial charge in [0.2, 0.25) is 5.91 Å². The Morgan fingerprint density at radius 1 is 1.27 bits per heavy atom. The lowest BCUT2D eigenvalue weighted by molar-refractivity contribution is 0.0999. The summed E-state index contributed by atoms with van der Waals surface area (Å²) in [5.41, 5.74) is 6.00. The first-order valence-electron chi connectivity index (χ1n) is 6.65. The van der Waals surface area contributed by atoms with Crippen LogP contribution < -0.4 is 15.2 Å². The Hall–Kier alpha value is -2.08. The molecule has 6 heteroatoms. The molecule has 0 fully saturated rings. The number of amides is 1. The van der Waals surface area contributed by atoms with E-state index in [1.54, 1.807) is 24.3 Å². The van der Waals surface area contributed by atoms with Gasteiger partial charge in [0, 0.05) is 11.1 Å². The normalized spacial score (nSPS) is 10.3. The van der Waals surface area contributed by atoms with E-state index in [1.165, 1.54) is 12.1 Å². The number of primary amides is 1. The molecule has 0 aliphatic rings. The number of benzene rings is 2. The third-order valence-corrected chi connectivity index (χ3v) is 3.51. The Morgan fingerprint density at radius 3 is 2.64 bits per heavy atom. The first kappa shape index (κ1) is 16.3. The van der Waals surface area contributed by atoms with Crippen molar-refractivity contribution in [2.45, 2.75) is 13.5 Å². The number of hydrogen-bond donors (Lipinski definition) is 1. The molecule has 116 valence electrons. The third kappa shape index (κ3) is 3.76. The summed E-state index contributed by atoms with van der Waals surface area (Å²) in [4.78, 5) is 11.3. The van der Waals surface area contributed by atoms with E-state index in [2.05, 4.69) is 15.9 Å². The van der Waals surface area contributed by atoms with Gasteiger partial charge in [0.15, 0.2) is 11.5 Å². The molecule has 0 aromatic heterocycles. The van der Waals surface area contributed by atoms with Gasteiger partial charge in [-0.1, -0.05) is 18.2 Å². The lowest BCUT2D eigenvalue weighted by atomic mass is 10.2. The zero-order valence-corrected chi connectivity index (χ0v) is 13.5. The molecule has 0 saturated heterocycles. The van der Waals surface area contributed by atoms with Gasteiger partial charge < -0.3 is 15.2 Å². The SMILES string of the molecule is CCOc1cc(C(N)=O)cc(Br)c1OCc1ccccc1F. The first-order chi connectivity index (χ1) is 10.5. The highest BCUT2D eigenvalue weighted by molar-refractivity contribution is 9.10. The van der Waals surface area contributed by atoms with Crippen LogP contribution in [0.5, 0.6) is 11.5 Å². The number of ether oxygens (including phenoxy) is 2. The van der Waals surface area contributed by atoms with Crippen LogP contribution in [0.4, 0.5) is 4.39 Å². The van der Waals surface area contributed by atoms with E-state index in [1.807, 2.05) is 6.92 Å². The fourth-order valence-corrected chi connectivity index (χ4v) is 2.44. The minimum Gasteiger partial charge on any atom is -0.490 e. The Kier molecular flexibility index (Phi) is 5.38. The van der Waals surface area contributed by atoms with E-state index < -0.39 is 5.91 Å². The molecular weight excluding hydrogens is 353 g/mol. The molecule has 2 N–H and O–H groups in total. The van der Waals surface area contributed by atoms with Crippen LogP contribution in [0.1, 0.15) is 22.8 Å². The Morgan fingerprint density at radius 2 is 2.00 bits per heavy atom. The zero-order valence-electron chi connectivity index (χ0n) is 11.9. The van der Waals surface area contributed by atoms with Crippen molar-refractivity contribution in [2.75, 3.05) is 6.61 Å². The van der Waals surface area contributed by atoms with E-state index in [4.69, 9.17) is 15.2 Å². The van der Waals surface area contributed by atoms with Crippen LogP contribution in [-0.2, 0) is 6.61 Å². The molecule has 0 aliphatic carbocycles. The van der Waals surface area contributed by atoms with E-state index in [0.29, 0.717) is 33.7 Å². The highest BCUT2D eigenvalue weighted by atomic mass is 79.9. The Bertz CT molecular complexity index is 691. The predicted molar refractivity (Wildman–Crippen MR) is 84.6 cm³/mol. The minimum atomic E-state index is -0.567.